The summed E-state index contributed by atoms with van der Waals surface area (Å²) in [5.74, 6) is -0.0301. The van der Waals surface area contributed by atoms with Crippen LogP contribution in [-0.4, -0.2) is 42.7 Å². The second kappa shape index (κ2) is 9.80. The molecular weight excluding hydrogens is 396 g/mol. The van der Waals surface area contributed by atoms with Crippen LogP contribution in [0, 0.1) is 6.92 Å². The van der Waals surface area contributed by atoms with E-state index in [2.05, 4.69) is 5.10 Å². The predicted octanol–water partition coefficient (Wildman–Crippen LogP) is 3.76. The summed E-state index contributed by atoms with van der Waals surface area (Å²) in [7, 11) is 2.81. The molecule has 0 bridgehead atoms. The second-order valence-corrected chi connectivity index (χ2v) is 7.10. The lowest BCUT2D eigenvalue weighted by molar-refractivity contribution is -0.133. The highest BCUT2D eigenvalue weighted by atomic mass is 35.5. The Morgan fingerprint density at radius 2 is 2.17 bits per heavy atom. The van der Waals surface area contributed by atoms with E-state index in [1.54, 1.807) is 4.68 Å². The van der Waals surface area contributed by atoms with Crippen LogP contribution in [-0.2, 0) is 32.2 Å². The summed E-state index contributed by atoms with van der Waals surface area (Å²) in [4.78, 5) is 12.1. The molecule has 3 rings (SSSR count). The molecule has 0 aliphatic carbocycles. The number of esters is 1. The van der Waals surface area contributed by atoms with Crippen LogP contribution < -0.4 is 4.74 Å². The molecule has 1 saturated heterocycles. The number of carbonyl (C=O) groups excluding carboxylic acids is 1. The number of methoxy groups -OCH3 is 2. The molecule has 156 valence electrons. The van der Waals surface area contributed by atoms with Gasteiger partial charge in [0.25, 0.3) is 0 Å². The van der Waals surface area contributed by atoms with Gasteiger partial charge in [0.15, 0.2) is 0 Å². The summed E-state index contributed by atoms with van der Waals surface area (Å²) in [6.45, 7) is 3.46. The Labute approximate surface area is 175 Å². The number of nitrogens with zero attached hydrogens (tertiary/aromatic N) is 2. The normalized spacial score (nSPS) is 16.7. The van der Waals surface area contributed by atoms with Gasteiger partial charge in [-0.1, -0.05) is 35.9 Å². The first-order valence-electron chi connectivity index (χ1n) is 9.42. The minimum atomic E-state index is -0.487. The van der Waals surface area contributed by atoms with Crippen molar-refractivity contribution in [1.82, 2.24) is 9.78 Å². The molecule has 29 heavy (non-hydrogen) atoms. The van der Waals surface area contributed by atoms with E-state index in [9.17, 15) is 4.79 Å². The van der Waals surface area contributed by atoms with Crippen molar-refractivity contribution in [3.8, 4) is 5.88 Å². The van der Waals surface area contributed by atoms with Gasteiger partial charge in [0, 0.05) is 12.2 Å². The summed E-state index contributed by atoms with van der Waals surface area (Å²) in [5.41, 5.74) is 2.55. The SMILES string of the molecule is CO/C=C(/C(=O)OC)c1ccccc1COc1nn(CC2CCCO2)c(Cl)c1C. The average Bonchev–Trinajstić information content (AvgIpc) is 3.34. The molecule has 2 aromatic rings. The highest BCUT2D eigenvalue weighted by Gasteiger charge is 2.22. The van der Waals surface area contributed by atoms with Crippen molar-refractivity contribution < 1.29 is 23.7 Å². The molecule has 0 amide bonds. The van der Waals surface area contributed by atoms with Crippen LogP contribution in [0.5, 0.6) is 5.88 Å². The summed E-state index contributed by atoms with van der Waals surface area (Å²) in [5, 5.41) is 5.04. The lowest BCUT2D eigenvalue weighted by Crippen LogP contribution is -2.16. The van der Waals surface area contributed by atoms with Crippen molar-refractivity contribution in [2.45, 2.75) is 39.0 Å². The highest BCUT2D eigenvalue weighted by Crippen LogP contribution is 2.28. The van der Waals surface area contributed by atoms with Gasteiger partial charge in [0.1, 0.15) is 17.3 Å². The van der Waals surface area contributed by atoms with E-state index in [1.165, 1.54) is 20.5 Å². The minimum absolute atomic E-state index is 0.127. The number of carbonyl (C=O) groups is 1. The maximum absolute atomic E-state index is 12.1. The second-order valence-electron chi connectivity index (χ2n) is 6.74. The maximum Gasteiger partial charge on any atom is 0.341 e. The largest absolute Gasteiger partial charge is 0.503 e. The molecule has 1 atom stereocenters. The van der Waals surface area contributed by atoms with E-state index in [-0.39, 0.29) is 12.7 Å². The Balaban J connectivity index is 1.78. The van der Waals surface area contributed by atoms with Gasteiger partial charge in [0.2, 0.25) is 5.88 Å². The highest BCUT2D eigenvalue weighted by molar-refractivity contribution is 6.30. The third-order valence-electron chi connectivity index (χ3n) is 4.78. The van der Waals surface area contributed by atoms with Crippen molar-refractivity contribution in [3.05, 3.63) is 52.4 Å². The Bertz CT molecular complexity index is 887. The minimum Gasteiger partial charge on any atom is -0.503 e. The fourth-order valence-corrected chi connectivity index (χ4v) is 3.44. The Kier molecular flexibility index (Phi) is 7.17. The third-order valence-corrected chi connectivity index (χ3v) is 5.26. The van der Waals surface area contributed by atoms with E-state index in [1.807, 2.05) is 31.2 Å². The molecule has 2 heterocycles. The molecule has 1 aliphatic rings. The number of halogens is 1. The monoisotopic (exact) mass is 420 g/mol. The van der Waals surface area contributed by atoms with Crippen LogP contribution in [0.25, 0.3) is 5.57 Å². The zero-order valence-electron chi connectivity index (χ0n) is 16.8. The molecule has 1 fully saturated rings. The predicted molar refractivity (Wildman–Crippen MR) is 109 cm³/mol. The van der Waals surface area contributed by atoms with Crippen LogP contribution in [0.3, 0.4) is 0 Å². The van der Waals surface area contributed by atoms with Gasteiger partial charge in [-0.15, -0.1) is 5.10 Å². The van der Waals surface area contributed by atoms with Gasteiger partial charge >= 0.3 is 5.97 Å². The topological polar surface area (TPSA) is 71.8 Å². The fraction of sp³-hybridized carbons (Fsp3) is 0.429. The Morgan fingerprint density at radius 3 is 2.86 bits per heavy atom. The number of hydrogen-bond acceptors (Lipinski definition) is 6. The first kappa shape index (κ1) is 21.2. The third kappa shape index (κ3) is 4.92. The van der Waals surface area contributed by atoms with Crippen LogP contribution in [0.15, 0.2) is 30.5 Å². The van der Waals surface area contributed by atoms with Crippen LogP contribution in [0.2, 0.25) is 5.15 Å². The molecule has 0 N–H and O–H groups in total. The lowest BCUT2D eigenvalue weighted by atomic mass is 10.0. The van der Waals surface area contributed by atoms with Crippen molar-refractivity contribution >= 4 is 23.1 Å². The number of aromatic nitrogens is 2. The summed E-state index contributed by atoms with van der Waals surface area (Å²) >= 11 is 6.44. The van der Waals surface area contributed by atoms with E-state index in [4.69, 9.17) is 30.5 Å². The van der Waals surface area contributed by atoms with Gasteiger partial charge < -0.3 is 18.9 Å². The molecule has 8 heteroatoms. The first-order valence-corrected chi connectivity index (χ1v) is 9.79. The molecule has 0 saturated carbocycles. The number of ether oxygens (including phenoxy) is 4. The molecule has 0 radical (unpaired) electrons. The Hall–Kier alpha value is -2.51. The zero-order valence-corrected chi connectivity index (χ0v) is 17.6. The zero-order chi connectivity index (χ0) is 20.8. The van der Waals surface area contributed by atoms with Crippen LogP contribution in [0.4, 0.5) is 0 Å². The first-order chi connectivity index (χ1) is 14.0. The molecule has 1 unspecified atom stereocenters. The summed E-state index contributed by atoms with van der Waals surface area (Å²) in [6.07, 6.45) is 3.55. The standard InChI is InChI=1S/C21H25ClN2O5/c1-14-19(22)24(11-16-8-6-10-28-16)23-20(14)29-12-15-7-4-5-9-17(15)18(13-26-2)21(25)27-3/h4-5,7,9,13,16H,6,8,10-12H2,1-3H3/b18-13+. The molecule has 1 aromatic carbocycles. The van der Waals surface area contributed by atoms with Crippen molar-refractivity contribution in [1.29, 1.82) is 0 Å². The van der Waals surface area contributed by atoms with Crippen molar-refractivity contribution in [3.63, 3.8) is 0 Å². The summed E-state index contributed by atoms with van der Waals surface area (Å²) < 4.78 is 23.3. The fourth-order valence-electron chi connectivity index (χ4n) is 3.25. The lowest BCUT2D eigenvalue weighted by Gasteiger charge is -2.12. The van der Waals surface area contributed by atoms with Gasteiger partial charge in [-0.25, -0.2) is 9.48 Å². The molecular formula is C21H25ClN2O5. The van der Waals surface area contributed by atoms with E-state index in [0.717, 1.165) is 30.6 Å². The molecule has 1 aromatic heterocycles. The molecule has 0 spiro atoms. The molecule has 1 aliphatic heterocycles. The quantitative estimate of drug-likeness (QED) is 0.368. The number of hydrogen-bond donors (Lipinski definition) is 0. The smallest absolute Gasteiger partial charge is 0.341 e. The van der Waals surface area contributed by atoms with Crippen molar-refractivity contribution in [2.24, 2.45) is 0 Å². The maximum atomic E-state index is 12.1. The number of benzene rings is 1. The van der Waals surface area contributed by atoms with Gasteiger partial charge in [0.05, 0.1) is 33.1 Å². The Morgan fingerprint density at radius 1 is 1.38 bits per heavy atom. The van der Waals surface area contributed by atoms with Gasteiger partial charge in [-0.2, -0.15) is 0 Å². The van der Waals surface area contributed by atoms with E-state index in [0.29, 0.717) is 28.7 Å². The summed E-state index contributed by atoms with van der Waals surface area (Å²) in [6, 6.07) is 7.40. The van der Waals surface area contributed by atoms with Gasteiger partial charge in [-0.3, -0.25) is 0 Å². The van der Waals surface area contributed by atoms with E-state index >= 15 is 0 Å². The average molecular weight is 421 g/mol. The molecule has 7 nitrogen and oxygen atoms in total. The van der Waals surface area contributed by atoms with E-state index < -0.39 is 5.97 Å². The van der Waals surface area contributed by atoms with Gasteiger partial charge in [-0.05, 0) is 30.9 Å². The number of rotatable bonds is 8. The van der Waals surface area contributed by atoms with Crippen LogP contribution in [0.1, 0.15) is 29.5 Å². The van der Waals surface area contributed by atoms with Crippen molar-refractivity contribution in [2.75, 3.05) is 20.8 Å². The van der Waals surface area contributed by atoms with Crippen LogP contribution >= 0.6 is 11.6 Å².